The van der Waals surface area contributed by atoms with Crippen LogP contribution in [0.25, 0.3) is 22.5 Å². The highest BCUT2D eigenvalue weighted by Crippen LogP contribution is 2.32. The van der Waals surface area contributed by atoms with Crippen LogP contribution >= 0.6 is 0 Å². The quantitative estimate of drug-likeness (QED) is 0.453. The van der Waals surface area contributed by atoms with Crippen LogP contribution in [0, 0.1) is 0 Å². The zero-order valence-electron chi connectivity index (χ0n) is 19.3. The van der Waals surface area contributed by atoms with Gasteiger partial charge in [0.15, 0.2) is 5.82 Å². The number of rotatable bonds is 7. The Morgan fingerprint density at radius 3 is 2.71 bits per heavy atom. The molecule has 1 aromatic carbocycles. The number of aromatic nitrogens is 2. The summed E-state index contributed by atoms with van der Waals surface area (Å²) in [4.78, 5) is 18.5. The highest BCUT2D eigenvalue weighted by atomic mass is 15.2. The van der Waals surface area contributed by atoms with E-state index in [4.69, 9.17) is 9.97 Å². The lowest BCUT2D eigenvalue weighted by Crippen LogP contribution is -2.28. The van der Waals surface area contributed by atoms with Crippen molar-refractivity contribution in [2.24, 2.45) is 4.99 Å². The van der Waals surface area contributed by atoms with E-state index in [1.54, 1.807) is 7.05 Å². The zero-order valence-corrected chi connectivity index (χ0v) is 19.3. The molecule has 0 bridgehead atoms. The Hall–Kier alpha value is -3.21. The molecule has 1 saturated heterocycles. The van der Waals surface area contributed by atoms with Gasteiger partial charge in [-0.1, -0.05) is 36.9 Å². The van der Waals surface area contributed by atoms with Gasteiger partial charge in [-0.25, -0.2) is 9.97 Å². The first-order valence-electron chi connectivity index (χ1n) is 10.8. The third kappa shape index (κ3) is 5.10. The molecule has 1 atom stereocenters. The average Bonchev–Trinajstić information content (AvgIpc) is 3.21. The first-order chi connectivity index (χ1) is 15.0. The molecule has 0 unspecified atom stereocenters. The summed E-state index contributed by atoms with van der Waals surface area (Å²) in [5.74, 6) is 1.72. The van der Waals surface area contributed by atoms with E-state index in [9.17, 15) is 0 Å². The molecule has 0 aliphatic carbocycles. The number of allylic oxidation sites excluding steroid dienone is 4. The molecule has 0 radical (unpaired) electrons. The van der Waals surface area contributed by atoms with Crippen LogP contribution in [0.3, 0.4) is 0 Å². The summed E-state index contributed by atoms with van der Waals surface area (Å²) in [6.07, 6.45) is 12.2. The third-order valence-electron chi connectivity index (χ3n) is 5.56. The molecule has 3 rings (SSSR count). The van der Waals surface area contributed by atoms with E-state index < -0.39 is 0 Å². The Balaban J connectivity index is 2.11. The number of hydrogen-bond donors (Lipinski definition) is 0. The SMILES string of the molecule is C=C/C(=C\N(C)C)c1cccc(-c2ncc(C(/C=N\C)=C/C)c(N3CCC[C@H]3C)n2)c1. The van der Waals surface area contributed by atoms with E-state index in [0.29, 0.717) is 6.04 Å². The first kappa shape index (κ1) is 22.5. The molecule has 0 N–H and O–H groups in total. The van der Waals surface area contributed by atoms with Crippen molar-refractivity contribution in [3.63, 3.8) is 0 Å². The van der Waals surface area contributed by atoms with E-state index >= 15 is 0 Å². The van der Waals surface area contributed by atoms with Crippen LogP contribution in [0.2, 0.25) is 0 Å². The molecule has 1 fully saturated rings. The fourth-order valence-electron chi connectivity index (χ4n) is 3.98. The highest BCUT2D eigenvalue weighted by Gasteiger charge is 2.25. The van der Waals surface area contributed by atoms with Crippen molar-refractivity contribution in [2.75, 3.05) is 32.6 Å². The molecule has 1 aromatic heterocycles. The molecule has 5 nitrogen and oxygen atoms in total. The van der Waals surface area contributed by atoms with Gasteiger partial charge in [-0.05, 0) is 43.9 Å². The summed E-state index contributed by atoms with van der Waals surface area (Å²) in [7, 11) is 5.81. The maximum atomic E-state index is 5.07. The monoisotopic (exact) mass is 415 g/mol. The van der Waals surface area contributed by atoms with Crippen molar-refractivity contribution in [1.82, 2.24) is 14.9 Å². The Labute approximate surface area is 186 Å². The predicted octanol–water partition coefficient (Wildman–Crippen LogP) is 5.32. The van der Waals surface area contributed by atoms with Crippen LogP contribution in [0.15, 0.2) is 60.4 Å². The molecule has 0 spiro atoms. The summed E-state index contributed by atoms with van der Waals surface area (Å²) in [5.41, 5.74) is 5.22. The van der Waals surface area contributed by atoms with E-state index in [0.717, 1.165) is 46.0 Å². The lowest BCUT2D eigenvalue weighted by atomic mass is 10.0. The lowest BCUT2D eigenvalue weighted by molar-refractivity contribution is 0.566. The molecule has 0 saturated carbocycles. The van der Waals surface area contributed by atoms with Gasteiger partial charge >= 0.3 is 0 Å². The maximum Gasteiger partial charge on any atom is 0.161 e. The number of nitrogens with zero attached hydrogens (tertiary/aromatic N) is 5. The molecule has 1 aliphatic rings. The summed E-state index contributed by atoms with van der Waals surface area (Å²) < 4.78 is 0. The Morgan fingerprint density at radius 2 is 2.10 bits per heavy atom. The van der Waals surface area contributed by atoms with Crippen molar-refractivity contribution in [3.8, 4) is 11.4 Å². The molecule has 5 heteroatoms. The van der Waals surface area contributed by atoms with Crippen molar-refractivity contribution >= 4 is 23.2 Å². The second-order valence-corrected chi connectivity index (χ2v) is 8.08. The van der Waals surface area contributed by atoms with Crippen LogP contribution in [-0.4, -0.2) is 54.8 Å². The average molecular weight is 416 g/mol. The van der Waals surface area contributed by atoms with Crippen molar-refractivity contribution in [1.29, 1.82) is 0 Å². The van der Waals surface area contributed by atoms with E-state index in [-0.39, 0.29) is 0 Å². The standard InChI is InChI=1S/C26H33N5/c1-7-20(16-27-4)24-17-28-25(29-26(24)31-14-10-11-19(31)3)23-13-9-12-22(15-23)21(8-2)18-30(5)6/h7-9,12-13,15-19H,2,10-11,14H2,1,3-6H3/b20-7+,21-18+,27-16-/t19-/m1/s1. The zero-order chi connectivity index (χ0) is 22.4. The molecule has 2 heterocycles. The van der Waals surface area contributed by atoms with Crippen LogP contribution in [0.1, 0.15) is 37.8 Å². The van der Waals surface area contributed by atoms with Crippen LogP contribution < -0.4 is 4.90 Å². The molecule has 1 aliphatic heterocycles. The fourth-order valence-corrected chi connectivity index (χ4v) is 3.98. The largest absolute Gasteiger partial charge is 0.383 e. The minimum absolute atomic E-state index is 0.458. The summed E-state index contributed by atoms with van der Waals surface area (Å²) in [5, 5.41) is 0. The van der Waals surface area contributed by atoms with E-state index in [2.05, 4.69) is 53.9 Å². The summed E-state index contributed by atoms with van der Waals surface area (Å²) in [6, 6.07) is 8.80. The third-order valence-corrected chi connectivity index (χ3v) is 5.56. The smallest absolute Gasteiger partial charge is 0.161 e. The molecule has 0 amide bonds. The van der Waals surface area contributed by atoms with Crippen molar-refractivity contribution < 1.29 is 0 Å². The number of benzene rings is 1. The number of aliphatic imine (C=N–C) groups is 1. The van der Waals surface area contributed by atoms with Gasteiger partial charge in [-0.15, -0.1) is 0 Å². The van der Waals surface area contributed by atoms with Gasteiger partial charge in [0.25, 0.3) is 0 Å². The molecule has 31 heavy (non-hydrogen) atoms. The number of anilines is 1. The molecular formula is C26H33N5. The second kappa shape index (κ2) is 10.2. The Bertz CT molecular complexity index is 1020. The lowest BCUT2D eigenvalue weighted by Gasteiger charge is -2.25. The Morgan fingerprint density at radius 1 is 1.29 bits per heavy atom. The van der Waals surface area contributed by atoms with E-state index in [1.807, 2.05) is 50.5 Å². The van der Waals surface area contributed by atoms with Gasteiger partial charge in [0.1, 0.15) is 5.82 Å². The van der Waals surface area contributed by atoms with Gasteiger partial charge in [-0.3, -0.25) is 4.99 Å². The van der Waals surface area contributed by atoms with Gasteiger partial charge < -0.3 is 9.80 Å². The minimum Gasteiger partial charge on any atom is -0.383 e. The fraction of sp³-hybridized carbons (Fsp3) is 0.346. The van der Waals surface area contributed by atoms with Crippen molar-refractivity contribution in [3.05, 3.63) is 66.5 Å². The highest BCUT2D eigenvalue weighted by molar-refractivity contribution is 6.11. The summed E-state index contributed by atoms with van der Waals surface area (Å²) in [6.45, 7) is 9.28. The van der Waals surface area contributed by atoms with Crippen LogP contribution in [0.4, 0.5) is 5.82 Å². The Kier molecular flexibility index (Phi) is 7.40. The van der Waals surface area contributed by atoms with Gasteiger partial charge in [0, 0.05) is 69.0 Å². The topological polar surface area (TPSA) is 44.6 Å². The maximum absolute atomic E-state index is 5.07. The first-order valence-corrected chi connectivity index (χ1v) is 10.8. The van der Waals surface area contributed by atoms with E-state index in [1.165, 1.54) is 12.8 Å². The summed E-state index contributed by atoms with van der Waals surface area (Å²) >= 11 is 0. The number of hydrogen-bond acceptors (Lipinski definition) is 5. The van der Waals surface area contributed by atoms with Gasteiger partial charge in [0.2, 0.25) is 0 Å². The minimum atomic E-state index is 0.458. The molecule has 162 valence electrons. The van der Waals surface area contributed by atoms with Crippen LogP contribution in [-0.2, 0) is 0 Å². The molecule has 2 aromatic rings. The van der Waals surface area contributed by atoms with Crippen LogP contribution in [0.5, 0.6) is 0 Å². The predicted molar refractivity (Wildman–Crippen MR) is 133 cm³/mol. The van der Waals surface area contributed by atoms with Gasteiger partial charge in [0.05, 0.1) is 0 Å². The second-order valence-electron chi connectivity index (χ2n) is 8.08. The van der Waals surface area contributed by atoms with Crippen molar-refractivity contribution in [2.45, 2.75) is 32.7 Å². The molecular weight excluding hydrogens is 382 g/mol. The van der Waals surface area contributed by atoms with Gasteiger partial charge in [-0.2, -0.15) is 0 Å². The normalized spacial score (nSPS) is 17.5.